The molecule has 2 atom stereocenters. The lowest BCUT2D eigenvalue weighted by Crippen LogP contribution is -2.58. The van der Waals surface area contributed by atoms with Crippen molar-refractivity contribution in [3.8, 4) is 0 Å². The van der Waals surface area contributed by atoms with Gasteiger partial charge in [0.25, 0.3) is 0 Å². The highest BCUT2D eigenvalue weighted by atomic mass is 32.2. The third-order valence-corrected chi connectivity index (χ3v) is 7.94. The van der Waals surface area contributed by atoms with Crippen molar-refractivity contribution in [1.82, 2.24) is 10.2 Å². The maximum atomic E-state index is 13.6. The predicted octanol–water partition coefficient (Wildman–Crippen LogP) is 2.79. The predicted molar refractivity (Wildman–Crippen MR) is 149 cm³/mol. The second-order valence-electron chi connectivity index (χ2n) is 11.3. The molecule has 8 nitrogen and oxygen atoms in total. The summed E-state index contributed by atoms with van der Waals surface area (Å²) >= 11 is 0. The van der Waals surface area contributed by atoms with Gasteiger partial charge in [0.15, 0.2) is 9.84 Å². The van der Waals surface area contributed by atoms with Crippen LogP contribution in [-0.4, -0.2) is 69.1 Å². The van der Waals surface area contributed by atoms with E-state index in [2.05, 4.69) is 41.4 Å². The number of piperazine rings is 1. The lowest BCUT2D eigenvalue weighted by Gasteiger charge is -2.39. The number of amides is 2. The minimum absolute atomic E-state index is 0.0187. The van der Waals surface area contributed by atoms with Crippen molar-refractivity contribution in [2.24, 2.45) is 11.1 Å². The van der Waals surface area contributed by atoms with E-state index in [1.165, 1.54) is 6.26 Å². The highest BCUT2D eigenvalue weighted by Gasteiger charge is 2.33. The number of hydrogen-bond acceptors (Lipinski definition) is 6. The number of carbonyl (C=O) groups is 2. The third-order valence-electron chi connectivity index (χ3n) is 7.10. The lowest BCUT2D eigenvalue weighted by molar-refractivity contribution is -0.138. The molecule has 3 rings (SSSR count). The monoisotopic (exact) mass is 530 g/mol. The quantitative estimate of drug-likeness (QED) is 0.481. The number of allylic oxidation sites excluding steroid dienone is 4. The fourth-order valence-electron chi connectivity index (χ4n) is 4.88. The van der Waals surface area contributed by atoms with Crippen molar-refractivity contribution < 1.29 is 18.0 Å². The molecule has 9 heteroatoms. The van der Waals surface area contributed by atoms with Crippen LogP contribution in [0.5, 0.6) is 0 Å². The fourth-order valence-corrected chi connectivity index (χ4v) is 5.69. The van der Waals surface area contributed by atoms with Crippen LogP contribution in [0.25, 0.3) is 0 Å². The summed E-state index contributed by atoms with van der Waals surface area (Å²) in [4.78, 5) is 30.2. The van der Waals surface area contributed by atoms with E-state index in [0.29, 0.717) is 32.6 Å². The molecule has 1 aliphatic heterocycles. The molecule has 0 saturated carbocycles. The molecular formula is C28H42N4O4S. The second kappa shape index (κ2) is 11.8. The maximum Gasteiger partial charge on any atom is 0.245 e. The van der Waals surface area contributed by atoms with Crippen molar-refractivity contribution in [2.45, 2.75) is 63.8 Å². The number of rotatable bonds is 10. The van der Waals surface area contributed by atoms with Gasteiger partial charge in [-0.05, 0) is 50.2 Å². The Labute approximate surface area is 221 Å². The van der Waals surface area contributed by atoms with Gasteiger partial charge in [0, 0.05) is 38.1 Å². The standard InChI is InChI=1S/C28H42N4O4S/c1-27(2,29)26(34)30-23(12-10-16-28(3)14-8-5-9-15-28)25(33)32-19-17-31(18-20-32)24-13-7-6-11-22(24)21-37(4,35)36/h5-9,11,13-14,23H,10,12,15-21,29H2,1-4H3,(H,30,34)/t23-,28?/m1/s1. The molecule has 1 heterocycles. The van der Waals surface area contributed by atoms with Gasteiger partial charge in [-0.3, -0.25) is 9.59 Å². The van der Waals surface area contributed by atoms with Gasteiger partial charge in [0.1, 0.15) is 6.04 Å². The zero-order valence-electron chi connectivity index (χ0n) is 22.6. The van der Waals surface area contributed by atoms with Crippen LogP contribution >= 0.6 is 0 Å². The van der Waals surface area contributed by atoms with Crippen LogP contribution in [0, 0.1) is 5.41 Å². The van der Waals surface area contributed by atoms with Gasteiger partial charge in [0.2, 0.25) is 11.8 Å². The first-order valence-electron chi connectivity index (χ1n) is 13.0. The first-order valence-corrected chi connectivity index (χ1v) is 15.1. The molecule has 1 aromatic rings. The van der Waals surface area contributed by atoms with Crippen LogP contribution < -0.4 is 16.0 Å². The Hall–Kier alpha value is -2.65. The summed E-state index contributed by atoms with van der Waals surface area (Å²) in [5.74, 6) is -0.452. The molecule has 1 fully saturated rings. The molecule has 1 aromatic carbocycles. The SMILES string of the molecule is CC1(CCC[C@@H](NC(=O)C(C)(C)N)C(=O)N2CCN(c3ccccc3CS(C)(=O)=O)CC2)C=CC=CC1. The highest BCUT2D eigenvalue weighted by Crippen LogP contribution is 2.33. The molecule has 0 radical (unpaired) electrons. The lowest BCUT2D eigenvalue weighted by atomic mass is 9.79. The molecule has 3 N–H and O–H groups in total. The average molecular weight is 531 g/mol. The maximum absolute atomic E-state index is 13.6. The van der Waals surface area contributed by atoms with Gasteiger partial charge in [-0.15, -0.1) is 0 Å². The molecule has 0 aromatic heterocycles. The van der Waals surface area contributed by atoms with Crippen LogP contribution in [0.2, 0.25) is 0 Å². The number of para-hydroxylation sites is 1. The fraction of sp³-hybridized carbons (Fsp3) is 0.571. The van der Waals surface area contributed by atoms with E-state index in [9.17, 15) is 18.0 Å². The van der Waals surface area contributed by atoms with Crippen LogP contribution in [-0.2, 0) is 25.2 Å². The molecule has 2 amide bonds. The summed E-state index contributed by atoms with van der Waals surface area (Å²) < 4.78 is 23.8. The van der Waals surface area contributed by atoms with Gasteiger partial charge in [-0.1, -0.05) is 55.8 Å². The van der Waals surface area contributed by atoms with E-state index in [0.717, 1.165) is 30.5 Å². The molecule has 1 aliphatic carbocycles. The van der Waals surface area contributed by atoms with Crippen LogP contribution in [0.15, 0.2) is 48.6 Å². The van der Waals surface area contributed by atoms with E-state index >= 15 is 0 Å². The molecule has 204 valence electrons. The van der Waals surface area contributed by atoms with Gasteiger partial charge >= 0.3 is 0 Å². The second-order valence-corrected chi connectivity index (χ2v) is 13.4. The Morgan fingerprint density at radius 3 is 2.41 bits per heavy atom. The van der Waals surface area contributed by atoms with Crippen molar-refractivity contribution in [3.63, 3.8) is 0 Å². The Morgan fingerprint density at radius 2 is 1.81 bits per heavy atom. The number of nitrogens with one attached hydrogen (secondary N) is 1. The van der Waals surface area contributed by atoms with Crippen molar-refractivity contribution >= 4 is 27.3 Å². The normalized spacial score (nSPS) is 21.1. The smallest absolute Gasteiger partial charge is 0.245 e. The summed E-state index contributed by atoms with van der Waals surface area (Å²) in [5.41, 5.74) is 6.64. The Bertz CT molecular complexity index is 1130. The minimum atomic E-state index is -3.17. The van der Waals surface area contributed by atoms with E-state index < -0.39 is 21.4 Å². The number of carbonyl (C=O) groups excluding carboxylic acids is 2. The van der Waals surface area contributed by atoms with Gasteiger partial charge in [-0.2, -0.15) is 0 Å². The molecule has 0 spiro atoms. The number of nitrogens with two attached hydrogens (primary N) is 1. The van der Waals surface area contributed by atoms with Gasteiger partial charge < -0.3 is 20.9 Å². The van der Waals surface area contributed by atoms with E-state index in [-0.39, 0.29) is 23.0 Å². The van der Waals surface area contributed by atoms with Gasteiger partial charge in [-0.25, -0.2) is 8.42 Å². The topological polar surface area (TPSA) is 113 Å². The number of benzene rings is 1. The summed E-state index contributed by atoms with van der Waals surface area (Å²) in [6.07, 6.45) is 13.0. The third kappa shape index (κ3) is 8.43. The number of anilines is 1. The van der Waals surface area contributed by atoms with Crippen LogP contribution in [0.1, 0.15) is 52.0 Å². The van der Waals surface area contributed by atoms with E-state index in [1.807, 2.05) is 24.3 Å². The molecule has 1 unspecified atom stereocenters. The number of nitrogens with zero attached hydrogens (tertiary/aromatic N) is 2. The number of hydrogen-bond donors (Lipinski definition) is 2. The molecule has 2 aliphatic rings. The first-order chi connectivity index (χ1) is 17.3. The zero-order valence-corrected chi connectivity index (χ0v) is 23.4. The van der Waals surface area contributed by atoms with E-state index in [4.69, 9.17) is 5.73 Å². The molecular weight excluding hydrogens is 488 g/mol. The minimum Gasteiger partial charge on any atom is -0.368 e. The average Bonchev–Trinajstić information content (AvgIpc) is 2.82. The molecule has 37 heavy (non-hydrogen) atoms. The van der Waals surface area contributed by atoms with Crippen LogP contribution in [0.4, 0.5) is 5.69 Å². The highest BCUT2D eigenvalue weighted by molar-refractivity contribution is 7.89. The first kappa shape index (κ1) is 28.9. The summed E-state index contributed by atoms with van der Waals surface area (Å²) in [6, 6.07) is 6.88. The number of sulfone groups is 1. The van der Waals surface area contributed by atoms with Crippen molar-refractivity contribution in [3.05, 3.63) is 54.1 Å². The van der Waals surface area contributed by atoms with Crippen molar-refractivity contribution in [2.75, 3.05) is 37.3 Å². The van der Waals surface area contributed by atoms with E-state index in [1.54, 1.807) is 18.7 Å². The largest absolute Gasteiger partial charge is 0.368 e. The zero-order chi connectivity index (χ0) is 27.3. The summed E-state index contributed by atoms with van der Waals surface area (Å²) in [6.45, 7) is 7.65. The molecule has 0 bridgehead atoms. The van der Waals surface area contributed by atoms with Crippen LogP contribution in [0.3, 0.4) is 0 Å². The Kier molecular flexibility index (Phi) is 9.23. The molecule has 1 saturated heterocycles. The Morgan fingerprint density at radius 1 is 1.14 bits per heavy atom. The summed E-state index contributed by atoms with van der Waals surface area (Å²) in [7, 11) is -3.17. The Balaban J connectivity index is 1.65. The summed E-state index contributed by atoms with van der Waals surface area (Å²) in [5, 5.41) is 2.91. The van der Waals surface area contributed by atoms with Crippen molar-refractivity contribution in [1.29, 1.82) is 0 Å². The van der Waals surface area contributed by atoms with Gasteiger partial charge in [0.05, 0.1) is 11.3 Å².